The molecule has 6 heteroatoms. The third-order valence-corrected chi connectivity index (χ3v) is 2.37. The Morgan fingerprint density at radius 2 is 2.12 bits per heavy atom. The number of phenolic OH excluding ortho intramolecular Hbond substituents is 1. The number of carbonyl (C=O) groups excluding carboxylic acids is 1. The molecule has 1 N–H and O–H groups in total. The molecule has 0 radical (unpaired) electrons. The van der Waals surface area contributed by atoms with E-state index in [1.807, 2.05) is 0 Å². The highest BCUT2D eigenvalue weighted by Gasteiger charge is 2.17. The van der Waals surface area contributed by atoms with Crippen molar-refractivity contribution in [2.45, 2.75) is 0 Å². The van der Waals surface area contributed by atoms with Gasteiger partial charge >= 0.3 is 5.97 Å². The van der Waals surface area contributed by atoms with E-state index in [9.17, 15) is 9.18 Å². The van der Waals surface area contributed by atoms with Crippen molar-refractivity contribution in [3.63, 3.8) is 0 Å². The summed E-state index contributed by atoms with van der Waals surface area (Å²) in [6, 6.07) is 3.37. The molecule has 0 unspecified atom stereocenters. The highest BCUT2D eigenvalue weighted by Crippen LogP contribution is 2.17. The van der Waals surface area contributed by atoms with E-state index in [1.54, 1.807) is 0 Å². The number of hydrogen-bond acceptors (Lipinski definition) is 5. The summed E-state index contributed by atoms with van der Waals surface area (Å²) in [6.45, 7) is 1.98. The lowest BCUT2D eigenvalue weighted by molar-refractivity contribution is -0.150. The lowest BCUT2D eigenvalue weighted by Gasteiger charge is -2.24. The molecule has 0 saturated carbocycles. The predicted octanol–water partition coefficient (Wildman–Crippen LogP) is 0.935. The first-order chi connectivity index (χ1) is 8.16. The van der Waals surface area contributed by atoms with E-state index in [0.29, 0.717) is 26.3 Å². The van der Waals surface area contributed by atoms with Crippen LogP contribution in [0.2, 0.25) is 0 Å². The van der Waals surface area contributed by atoms with Gasteiger partial charge in [-0.1, -0.05) is 0 Å². The van der Waals surface area contributed by atoms with Crippen LogP contribution >= 0.6 is 0 Å². The molecule has 0 aliphatic carbocycles. The highest BCUT2D eigenvalue weighted by molar-refractivity contribution is 5.89. The van der Waals surface area contributed by atoms with Gasteiger partial charge in [-0.05, 0) is 18.2 Å². The molecule has 1 aromatic carbocycles. The van der Waals surface area contributed by atoms with E-state index >= 15 is 0 Å². The summed E-state index contributed by atoms with van der Waals surface area (Å²) in [5, 5.41) is 10.5. The Morgan fingerprint density at radius 1 is 1.41 bits per heavy atom. The van der Waals surface area contributed by atoms with Gasteiger partial charge in [0.05, 0.1) is 31.9 Å². The first kappa shape index (κ1) is 11.8. The maximum atomic E-state index is 13.0. The number of benzene rings is 1. The molecule has 0 spiro atoms. The molecule has 0 atom stereocenters. The number of hydrogen-bond donors (Lipinski definition) is 1. The molecular formula is C11H12FNO4. The van der Waals surface area contributed by atoms with Gasteiger partial charge in [0, 0.05) is 0 Å². The van der Waals surface area contributed by atoms with Crippen LogP contribution in [0.1, 0.15) is 10.4 Å². The Morgan fingerprint density at radius 3 is 2.76 bits per heavy atom. The predicted molar refractivity (Wildman–Crippen MR) is 55.9 cm³/mol. The van der Waals surface area contributed by atoms with Crippen LogP contribution in [0.5, 0.6) is 5.75 Å². The fraction of sp³-hybridized carbons (Fsp3) is 0.364. The average molecular weight is 241 g/mol. The number of nitrogens with zero attached hydrogens (tertiary/aromatic N) is 1. The normalized spacial score (nSPS) is 16.8. The van der Waals surface area contributed by atoms with E-state index in [-0.39, 0.29) is 5.56 Å². The van der Waals surface area contributed by atoms with Gasteiger partial charge in [-0.2, -0.15) is 0 Å². The molecule has 1 saturated heterocycles. The van der Waals surface area contributed by atoms with E-state index in [2.05, 4.69) is 0 Å². The average Bonchev–Trinajstić information content (AvgIpc) is 2.34. The number of ether oxygens (including phenoxy) is 1. The quantitative estimate of drug-likeness (QED) is 0.834. The molecule has 1 fully saturated rings. The van der Waals surface area contributed by atoms with Gasteiger partial charge < -0.3 is 14.7 Å². The van der Waals surface area contributed by atoms with E-state index < -0.39 is 17.5 Å². The molecule has 0 bridgehead atoms. The zero-order valence-electron chi connectivity index (χ0n) is 9.06. The third-order valence-electron chi connectivity index (χ3n) is 2.37. The van der Waals surface area contributed by atoms with Crippen molar-refractivity contribution in [1.29, 1.82) is 0 Å². The van der Waals surface area contributed by atoms with Crippen molar-refractivity contribution in [1.82, 2.24) is 5.06 Å². The van der Waals surface area contributed by atoms with Crippen LogP contribution in [-0.4, -0.2) is 42.4 Å². The molecule has 92 valence electrons. The fourth-order valence-corrected chi connectivity index (χ4v) is 1.44. The fourth-order valence-electron chi connectivity index (χ4n) is 1.44. The van der Waals surface area contributed by atoms with Gasteiger partial charge in [-0.15, -0.1) is 5.06 Å². The van der Waals surface area contributed by atoms with E-state index in [1.165, 1.54) is 11.1 Å². The van der Waals surface area contributed by atoms with Crippen molar-refractivity contribution < 1.29 is 23.9 Å². The third kappa shape index (κ3) is 2.92. The summed E-state index contributed by atoms with van der Waals surface area (Å²) in [5.74, 6) is -1.99. The SMILES string of the molecule is O=C(ON1CCOCC1)c1ccc(O)c(F)c1. The largest absolute Gasteiger partial charge is 0.505 e. The monoisotopic (exact) mass is 241 g/mol. The molecule has 1 aliphatic heterocycles. The Labute approximate surface area is 97.3 Å². The number of rotatable bonds is 2. The zero-order valence-corrected chi connectivity index (χ0v) is 9.06. The summed E-state index contributed by atoms with van der Waals surface area (Å²) in [6.07, 6.45) is 0. The van der Waals surface area contributed by atoms with Crippen LogP contribution in [0.3, 0.4) is 0 Å². The number of halogens is 1. The first-order valence-corrected chi connectivity index (χ1v) is 5.20. The first-order valence-electron chi connectivity index (χ1n) is 5.20. The number of hydroxylamine groups is 2. The molecule has 5 nitrogen and oxygen atoms in total. The minimum absolute atomic E-state index is 0.0618. The second kappa shape index (κ2) is 5.11. The van der Waals surface area contributed by atoms with Crippen LogP contribution < -0.4 is 0 Å². The zero-order chi connectivity index (χ0) is 12.3. The van der Waals surface area contributed by atoms with Crippen molar-refractivity contribution in [3.8, 4) is 5.75 Å². The van der Waals surface area contributed by atoms with Crippen LogP contribution in [0.25, 0.3) is 0 Å². The van der Waals surface area contributed by atoms with Crippen molar-refractivity contribution in [3.05, 3.63) is 29.6 Å². The van der Waals surface area contributed by atoms with Crippen LogP contribution in [0, 0.1) is 5.82 Å². The van der Waals surface area contributed by atoms with Gasteiger partial charge in [0.25, 0.3) is 0 Å². The van der Waals surface area contributed by atoms with Crippen molar-refractivity contribution >= 4 is 5.97 Å². The Kier molecular flexibility index (Phi) is 3.55. The Hall–Kier alpha value is -1.66. The Balaban J connectivity index is 2.01. The molecule has 0 aromatic heterocycles. The second-order valence-corrected chi connectivity index (χ2v) is 3.59. The topological polar surface area (TPSA) is 59.0 Å². The van der Waals surface area contributed by atoms with Crippen LogP contribution in [0.15, 0.2) is 18.2 Å². The molecular weight excluding hydrogens is 229 g/mol. The van der Waals surface area contributed by atoms with Gasteiger partial charge in [-0.25, -0.2) is 9.18 Å². The number of phenols is 1. The molecule has 2 rings (SSSR count). The summed E-state index contributed by atoms with van der Waals surface area (Å²) >= 11 is 0. The molecule has 1 aliphatic rings. The molecule has 1 heterocycles. The number of morpholine rings is 1. The summed E-state index contributed by atoms with van der Waals surface area (Å²) in [5.41, 5.74) is 0.0618. The molecule has 17 heavy (non-hydrogen) atoms. The molecule has 1 aromatic rings. The summed E-state index contributed by atoms with van der Waals surface area (Å²) < 4.78 is 18.1. The van der Waals surface area contributed by atoms with Gasteiger partial charge in [0.1, 0.15) is 0 Å². The summed E-state index contributed by atoms with van der Waals surface area (Å²) in [4.78, 5) is 16.7. The number of aromatic hydroxyl groups is 1. The van der Waals surface area contributed by atoms with E-state index in [4.69, 9.17) is 14.7 Å². The smallest absolute Gasteiger partial charge is 0.357 e. The maximum absolute atomic E-state index is 13.0. The number of carbonyl (C=O) groups is 1. The Bertz CT molecular complexity index is 418. The van der Waals surface area contributed by atoms with Gasteiger partial charge in [0.15, 0.2) is 11.6 Å². The van der Waals surface area contributed by atoms with Crippen LogP contribution in [-0.2, 0) is 9.57 Å². The molecule has 0 amide bonds. The van der Waals surface area contributed by atoms with Crippen LogP contribution in [0.4, 0.5) is 4.39 Å². The maximum Gasteiger partial charge on any atom is 0.357 e. The van der Waals surface area contributed by atoms with Crippen molar-refractivity contribution in [2.75, 3.05) is 26.3 Å². The minimum atomic E-state index is -0.846. The summed E-state index contributed by atoms with van der Waals surface area (Å²) in [7, 11) is 0. The van der Waals surface area contributed by atoms with Crippen molar-refractivity contribution in [2.24, 2.45) is 0 Å². The standard InChI is InChI=1S/C11H12FNO4/c12-9-7-8(1-2-10(9)14)11(15)17-13-3-5-16-6-4-13/h1-2,7,14H,3-6H2. The van der Waals surface area contributed by atoms with E-state index in [0.717, 1.165) is 12.1 Å². The lowest BCUT2D eigenvalue weighted by atomic mass is 10.2. The minimum Gasteiger partial charge on any atom is -0.505 e. The highest BCUT2D eigenvalue weighted by atomic mass is 19.1. The second-order valence-electron chi connectivity index (χ2n) is 3.59. The lowest BCUT2D eigenvalue weighted by Crippen LogP contribution is -2.37. The van der Waals surface area contributed by atoms with Gasteiger partial charge in [-0.3, -0.25) is 0 Å². The van der Waals surface area contributed by atoms with Gasteiger partial charge in [0.2, 0.25) is 0 Å².